The molecule has 0 saturated heterocycles. The molecule has 0 aliphatic rings. The van der Waals surface area contributed by atoms with E-state index in [1.807, 2.05) is 37.3 Å². The number of halogens is 1. The van der Waals surface area contributed by atoms with Gasteiger partial charge in [0.1, 0.15) is 0 Å². The van der Waals surface area contributed by atoms with E-state index in [-0.39, 0.29) is 6.04 Å². The lowest BCUT2D eigenvalue weighted by molar-refractivity contribution is 0.0696. The number of benzene rings is 2. The molecular formula is C16H16BrNO2. The first kappa shape index (κ1) is 14.6. The van der Waals surface area contributed by atoms with E-state index in [1.54, 1.807) is 12.1 Å². The molecule has 3 nitrogen and oxygen atoms in total. The Kier molecular flexibility index (Phi) is 4.45. The number of carboxylic acids is 1. The Bertz CT molecular complexity index is 640. The van der Waals surface area contributed by atoms with Gasteiger partial charge in [0.15, 0.2) is 0 Å². The summed E-state index contributed by atoms with van der Waals surface area (Å²) in [5.41, 5.74) is 3.06. The Morgan fingerprint density at radius 2 is 1.95 bits per heavy atom. The van der Waals surface area contributed by atoms with E-state index >= 15 is 0 Å². The highest BCUT2D eigenvalue weighted by Gasteiger charge is 2.12. The number of hydrogen-bond donors (Lipinski definition) is 2. The Morgan fingerprint density at radius 1 is 1.25 bits per heavy atom. The van der Waals surface area contributed by atoms with Crippen molar-refractivity contribution in [1.29, 1.82) is 0 Å². The van der Waals surface area contributed by atoms with Crippen LogP contribution in [0.1, 0.15) is 34.5 Å². The summed E-state index contributed by atoms with van der Waals surface area (Å²) in [5.74, 6) is -0.902. The van der Waals surface area contributed by atoms with Gasteiger partial charge in [-0.25, -0.2) is 4.79 Å². The van der Waals surface area contributed by atoms with Gasteiger partial charge in [-0.2, -0.15) is 0 Å². The number of anilines is 1. The molecule has 0 radical (unpaired) electrons. The highest BCUT2D eigenvalue weighted by atomic mass is 79.9. The number of nitrogens with one attached hydrogen (secondary N) is 1. The molecule has 2 N–H and O–H groups in total. The molecule has 0 saturated carbocycles. The van der Waals surface area contributed by atoms with Crippen molar-refractivity contribution in [1.82, 2.24) is 0 Å². The van der Waals surface area contributed by atoms with Crippen LogP contribution in [0.2, 0.25) is 0 Å². The molecular weight excluding hydrogens is 318 g/mol. The Balaban J connectivity index is 2.26. The van der Waals surface area contributed by atoms with Crippen molar-refractivity contribution in [2.75, 3.05) is 5.32 Å². The average molecular weight is 334 g/mol. The van der Waals surface area contributed by atoms with Gasteiger partial charge < -0.3 is 10.4 Å². The van der Waals surface area contributed by atoms with Crippen LogP contribution in [0.25, 0.3) is 0 Å². The summed E-state index contributed by atoms with van der Waals surface area (Å²) in [6, 6.07) is 13.4. The molecule has 0 bridgehead atoms. The van der Waals surface area contributed by atoms with E-state index in [4.69, 9.17) is 5.11 Å². The number of hydrogen-bond acceptors (Lipinski definition) is 2. The minimum atomic E-state index is -0.902. The summed E-state index contributed by atoms with van der Waals surface area (Å²) in [4.78, 5) is 11.1. The van der Waals surface area contributed by atoms with E-state index < -0.39 is 5.97 Å². The third-order valence-electron chi connectivity index (χ3n) is 3.28. The summed E-state index contributed by atoms with van der Waals surface area (Å²) < 4.78 is 1.03. The molecule has 0 aromatic heterocycles. The lowest BCUT2D eigenvalue weighted by Gasteiger charge is -2.18. The molecule has 0 aliphatic carbocycles. The van der Waals surface area contributed by atoms with Gasteiger partial charge in [0.05, 0.1) is 5.56 Å². The lowest BCUT2D eigenvalue weighted by atomic mass is 10.0. The van der Waals surface area contributed by atoms with Crippen LogP contribution in [0.4, 0.5) is 5.69 Å². The maximum atomic E-state index is 11.1. The molecule has 2 aromatic rings. The van der Waals surface area contributed by atoms with Gasteiger partial charge in [0.25, 0.3) is 0 Å². The highest BCUT2D eigenvalue weighted by molar-refractivity contribution is 9.10. The third kappa shape index (κ3) is 3.20. The van der Waals surface area contributed by atoms with Gasteiger partial charge in [-0.1, -0.05) is 34.1 Å². The first-order valence-electron chi connectivity index (χ1n) is 6.34. The maximum absolute atomic E-state index is 11.1. The van der Waals surface area contributed by atoms with Crippen molar-refractivity contribution in [3.05, 3.63) is 63.6 Å². The second-order valence-corrected chi connectivity index (χ2v) is 5.62. The Labute approximate surface area is 126 Å². The predicted molar refractivity (Wildman–Crippen MR) is 84.3 cm³/mol. The molecule has 2 rings (SSSR count). The van der Waals surface area contributed by atoms with Crippen molar-refractivity contribution < 1.29 is 9.90 Å². The summed E-state index contributed by atoms with van der Waals surface area (Å²) in [7, 11) is 0. The van der Waals surface area contributed by atoms with E-state index in [0.29, 0.717) is 5.56 Å². The van der Waals surface area contributed by atoms with E-state index in [2.05, 4.69) is 28.2 Å². The second kappa shape index (κ2) is 6.09. The van der Waals surface area contributed by atoms with Gasteiger partial charge >= 0.3 is 5.97 Å². The van der Waals surface area contributed by atoms with Crippen LogP contribution in [0.5, 0.6) is 0 Å². The zero-order valence-corrected chi connectivity index (χ0v) is 12.9. The van der Waals surface area contributed by atoms with Gasteiger partial charge in [-0.15, -0.1) is 0 Å². The zero-order chi connectivity index (χ0) is 14.7. The zero-order valence-electron chi connectivity index (χ0n) is 11.4. The molecule has 0 spiro atoms. The highest BCUT2D eigenvalue weighted by Crippen LogP contribution is 2.25. The number of carboxylic acid groups (broad SMARTS) is 1. The lowest BCUT2D eigenvalue weighted by Crippen LogP contribution is -2.09. The third-order valence-corrected chi connectivity index (χ3v) is 3.78. The van der Waals surface area contributed by atoms with Crippen LogP contribution < -0.4 is 5.32 Å². The molecule has 0 fully saturated rings. The van der Waals surface area contributed by atoms with Crippen LogP contribution in [-0.2, 0) is 0 Å². The van der Waals surface area contributed by atoms with E-state index in [0.717, 1.165) is 21.3 Å². The fraction of sp³-hybridized carbons (Fsp3) is 0.188. The van der Waals surface area contributed by atoms with E-state index in [1.165, 1.54) is 0 Å². The summed E-state index contributed by atoms with van der Waals surface area (Å²) in [5, 5.41) is 12.5. The Morgan fingerprint density at radius 3 is 2.60 bits per heavy atom. The monoisotopic (exact) mass is 333 g/mol. The van der Waals surface area contributed by atoms with Crippen molar-refractivity contribution in [3.8, 4) is 0 Å². The molecule has 1 unspecified atom stereocenters. The van der Waals surface area contributed by atoms with Crippen LogP contribution in [0.3, 0.4) is 0 Å². The number of rotatable bonds is 4. The molecule has 1 atom stereocenters. The topological polar surface area (TPSA) is 49.3 Å². The van der Waals surface area contributed by atoms with Crippen LogP contribution >= 0.6 is 15.9 Å². The largest absolute Gasteiger partial charge is 0.478 e. The minimum absolute atomic E-state index is 0.0928. The second-order valence-electron chi connectivity index (χ2n) is 4.70. The van der Waals surface area contributed by atoms with Crippen molar-refractivity contribution in [3.63, 3.8) is 0 Å². The smallest absolute Gasteiger partial charge is 0.336 e. The van der Waals surface area contributed by atoms with E-state index in [9.17, 15) is 4.79 Å². The number of carbonyl (C=O) groups is 1. The fourth-order valence-corrected chi connectivity index (χ4v) is 2.53. The van der Waals surface area contributed by atoms with Crippen molar-refractivity contribution >= 4 is 27.6 Å². The Hall–Kier alpha value is -1.81. The van der Waals surface area contributed by atoms with Gasteiger partial charge in [-0.3, -0.25) is 0 Å². The van der Waals surface area contributed by atoms with Gasteiger partial charge in [0.2, 0.25) is 0 Å². The SMILES string of the molecule is Cc1c(NC(C)c2cccc(Br)c2)cccc1C(=O)O. The molecule has 0 heterocycles. The van der Waals surface area contributed by atoms with Crippen LogP contribution in [0.15, 0.2) is 46.9 Å². The van der Waals surface area contributed by atoms with Crippen molar-refractivity contribution in [2.45, 2.75) is 19.9 Å². The molecule has 0 aliphatic heterocycles. The minimum Gasteiger partial charge on any atom is -0.478 e. The first-order chi connectivity index (χ1) is 9.49. The summed E-state index contributed by atoms with van der Waals surface area (Å²) in [6.07, 6.45) is 0. The first-order valence-corrected chi connectivity index (χ1v) is 7.13. The van der Waals surface area contributed by atoms with Gasteiger partial charge in [0, 0.05) is 16.2 Å². The predicted octanol–water partition coefficient (Wildman–Crippen LogP) is 4.63. The number of aromatic carboxylic acids is 1. The molecule has 104 valence electrons. The maximum Gasteiger partial charge on any atom is 0.336 e. The molecule has 20 heavy (non-hydrogen) atoms. The molecule has 2 aromatic carbocycles. The van der Waals surface area contributed by atoms with Crippen molar-refractivity contribution in [2.24, 2.45) is 0 Å². The fourth-order valence-electron chi connectivity index (χ4n) is 2.12. The molecule has 4 heteroatoms. The van der Waals surface area contributed by atoms with Gasteiger partial charge in [-0.05, 0) is 49.2 Å². The molecule has 0 amide bonds. The summed E-state index contributed by atoms with van der Waals surface area (Å²) >= 11 is 3.46. The summed E-state index contributed by atoms with van der Waals surface area (Å²) in [6.45, 7) is 3.87. The van der Waals surface area contributed by atoms with Crippen LogP contribution in [-0.4, -0.2) is 11.1 Å². The standard InChI is InChI=1S/C16H16BrNO2/c1-10-14(16(19)20)7-4-8-15(10)18-11(2)12-5-3-6-13(17)9-12/h3-9,11,18H,1-2H3,(H,19,20). The average Bonchev–Trinajstić information content (AvgIpc) is 2.40. The normalized spacial score (nSPS) is 11.9. The van der Waals surface area contributed by atoms with Crippen LogP contribution in [0, 0.1) is 6.92 Å². The quantitative estimate of drug-likeness (QED) is 0.857.